The first-order chi connectivity index (χ1) is 11.3. The molecule has 24 heavy (non-hydrogen) atoms. The first kappa shape index (κ1) is 18.4. The van der Waals surface area contributed by atoms with Crippen LogP contribution in [0, 0.1) is 0 Å². The molecule has 0 radical (unpaired) electrons. The summed E-state index contributed by atoms with van der Waals surface area (Å²) in [5.41, 5.74) is 0.756. The summed E-state index contributed by atoms with van der Waals surface area (Å²) in [4.78, 5) is 17.6. The molecule has 1 aliphatic rings. The van der Waals surface area contributed by atoms with Gasteiger partial charge in [0.2, 0.25) is 0 Å². The Balaban J connectivity index is 1.88. The van der Waals surface area contributed by atoms with Gasteiger partial charge in [-0.05, 0) is 32.9 Å². The molecule has 1 amide bonds. The van der Waals surface area contributed by atoms with Crippen LogP contribution < -0.4 is 9.64 Å². The Morgan fingerprint density at radius 1 is 1.21 bits per heavy atom. The Morgan fingerprint density at radius 3 is 2.38 bits per heavy atom. The van der Waals surface area contributed by atoms with Gasteiger partial charge in [0.1, 0.15) is 5.75 Å². The highest BCUT2D eigenvalue weighted by atomic mass is 16.5. The number of hydrogen-bond donors (Lipinski definition) is 1. The molecule has 1 N–H and O–H groups in total. The number of methoxy groups -OCH3 is 1. The minimum absolute atomic E-state index is 0.370. The van der Waals surface area contributed by atoms with Crippen molar-refractivity contribution in [3.8, 4) is 5.75 Å². The highest BCUT2D eigenvalue weighted by molar-refractivity contribution is 5.66. The molecule has 0 saturated carbocycles. The van der Waals surface area contributed by atoms with E-state index in [2.05, 4.69) is 15.9 Å². The average Bonchev–Trinajstić information content (AvgIpc) is 2.54. The molecule has 134 valence electrons. The molecule has 0 aromatic heterocycles. The minimum Gasteiger partial charge on any atom is -0.495 e. The summed E-state index contributed by atoms with van der Waals surface area (Å²) in [7, 11) is 1.70. The molecule has 0 unspecified atom stereocenters. The number of para-hydroxylation sites is 2. The van der Waals surface area contributed by atoms with E-state index < -0.39 is 6.09 Å². The summed E-state index contributed by atoms with van der Waals surface area (Å²) in [5.74, 6) is 0.899. The standard InChI is InChI=1S/C18H29N3O3/c1-18(2,3)21(17(22)23)14-11-19-9-12-20(13-10-19)15-7-5-6-8-16(15)24-4/h5-8H,9-14H2,1-4H3,(H,22,23). The van der Waals surface area contributed by atoms with Crippen LogP contribution in [0.2, 0.25) is 0 Å². The summed E-state index contributed by atoms with van der Waals surface area (Å²) in [6.07, 6.45) is -0.852. The van der Waals surface area contributed by atoms with Crippen molar-refractivity contribution in [1.29, 1.82) is 0 Å². The molecular weight excluding hydrogens is 306 g/mol. The van der Waals surface area contributed by atoms with E-state index in [1.54, 1.807) is 7.11 Å². The van der Waals surface area contributed by atoms with Crippen molar-refractivity contribution < 1.29 is 14.6 Å². The molecule has 0 atom stereocenters. The van der Waals surface area contributed by atoms with Gasteiger partial charge in [0.15, 0.2) is 0 Å². The summed E-state index contributed by atoms with van der Waals surface area (Å²) < 4.78 is 5.44. The molecule has 6 nitrogen and oxygen atoms in total. The predicted molar refractivity (Wildman–Crippen MR) is 96.1 cm³/mol. The second-order valence-electron chi connectivity index (χ2n) is 7.11. The number of nitrogens with zero attached hydrogens (tertiary/aromatic N) is 3. The molecule has 1 aliphatic heterocycles. The van der Waals surface area contributed by atoms with Gasteiger partial charge in [-0.2, -0.15) is 0 Å². The minimum atomic E-state index is -0.852. The monoisotopic (exact) mass is 335 g/mol. The van der Waals surface area contributed by atoms with Crippen LogP contribution in [0.25, 0.3) is 0 Å². The van der Waals surface area contributed by atoms with Gasteiger partial charge in [-0.1, -0.05) is 12.1 Å². The second-order valence-corrected chi connectivity index (χ2v) is 7.11. The fraction of sp³-hybridized carbons (Fsp3) is 0.611. The predicted octanol–water partition coefficient (Wildman–Crippen LogP) is 2.60. The number of carbonyl (C=O) groups is 1. The lowest BCUT2D eigenvalue weighted by atomic mass is 10.1. The number of hydrogen-bond acceptors (Lipinski definition) is 4. The van der Waals surface area contributed by atoms with Gasteiger partial charge < -0.3 is 19.6 Å². The topological polar surface area (TPSA) is 56.2 Å². The van der Waals surface area contributed by atoms with Crippen molar-refractivity contribution in [2.45, 2.75) is 26.3 Å². The molecule has 2 rings (SSSR count). The number of anilines is 1. The van der Waals surface area contributed by atoms with Gasteiger partial charge in [-0.25, -0.2) is 4.79 Å². The van der Waals surface area contributed by atoms with Gasteiger partial charge in [-0.3, -0.25) is 4.90 Å². The van der Waals surface area contributed by atoms with Crippen molar-refractivity contribution in [1.82, 2.24) is 9.80 Å². The van der Waals surface area contributed by atoms with E-state index in [0.29, 0.717) is 6.54 Å². The lowest BCUT2D eigenvalue weighted by Gasteiger charge is -2.39. The second kappa shape index (κ2) is 7.75. The molecule has 1 aromatic carbocycles. The van der Waals surface area contributed by atoms with Crippen molar-refractivity contribution in [2.75, 3.05) is 51.3 Å². The average molecular weight is 335 g/mol. The van der Waals surface area contributed by atoms with Crippen LogP contribution in [0.5, 0.6) is 5.75 Å². The quantitative estimate of drug-likeness (QED) is 0.896. The van der Waals surface area contributed by atoms with Gasteiger partial charge >= 0.3 is 6.09 Å². The first-order valence-corrected chi connectivity index (χ1v) is 8.44. The van der Waals surface area contributed by atoms with Crippen molar-refractivity contribution in [3.05, 3.63) is 24.3 Å². The van der Waals surface area contributed by atoms with E-state index in [1.165, 1.54) is 4.90 Å². The zero-order valence-corrected chi connectivity index (χ0v) is 15.2. The SMILES string of the molecule is COc1ccccc1N1CCN(CCN(C(=O)O)C(C)(C)C)CC1. The normalized spacial score (nSPS) is 16.1. The third-order valence-electron chi connectivity index (χ3n) is 4.48. The third-order valence-corrected chi connectivity index (χ3v) is 4.48. The Morgan fingerprint density at radius 2 is 1.83 bits per heavy atom. The maximum absolute atomic E-state index is 11.4. The van der Waals surface area contributed by atoms with Gasteiger partial charge in [0.25, 0.3) is 0 Å². The highest BCUT2D eigenvalue weighted by Crippen LogP contribution is 2.28. The summed E-state index contributed by atoms with van der Waals surface area (Å²) in [6.45, 7) is 10.8. The molecule has 1 fully saturated rings. The molecule has 0 aliphatic carbocycles. The van der Waals surface area contributed by atoms with E-state index in [1.807, 2.05) is 39.0 Å². The number of rotatable bonds is 5. The Labute approximate surface area is 144 Å². The van der Waals surface area contributed by atoms with E-state index in [-0.39, 0.29) is 5.54 Å². The number of piperazine rings is 1. The van der Waals surface area contributed by atoms with Crippen LogP contribution in [0.1, 0.15) is 20.8 Å². The van der Waals surface area contributed by atoms with Gasteiger partial charge in [0.05, 0.1) is 12.8 Å². The molecular formula is C18H29N3O3. The highest BCUT2D eigenvalue weighted by Gasteiger charge is 2.27. The van der Waals surface area contributed by atoms with Crippen LogP contribution in [-0.4, -0.2) is 72.9 Å². The lowest BCUT2D eigenvalue weighted by molar-refractivity contribution is 0.0901. The van der Waals surface area contributed by atoms with Crippen LogP contribution in [0.15, 0.2) is 24.3 Å². The van der Waals surface area contributed by atoms with Crippen molar-refractivity contribution >= 4 is 11.8 Å². The van der Waals surface area contributed by atoms with Crippen molar-refractivity contribution in [3.63, 3.8) is 0 Å². The Hall–Kier alpha value is -1.95. The summed E-state index contributed by atoms with van der Waals surface area (Å²) in [5, 5.41) is 9.37. The molecule has 1 heterocycles. The van der Waals surface area contributed by atoms with E-state index in [0.717, 1.165) is 44.2 Å². The summed E-state index contributed by atoms with van der Waals surface area (Å²) >= 11 is 0. The molecule has 0 bridgehead atoms. The van der Waals surface area contributed by atoms with E-state index >= 15 is 0 Å². The Bertz CT molecular complexity index is 549. The van der Waals surface area contributed by atoms with Crippen LogP contribution in [0.4, 0.5) is 10.5 Å². The maximum atomic E-state index is 11.4. The van der Waals surface area contributed by atoms with Crippen LogP contribution >= 0.6 is 0 Å². The molecule has 1 saturated heterocycles. The fourth-order valence-corrected chi connectivity index (χ4v) is 3.06. The number of amides is 1. The first-order valence-electron chi connectivity index (χ1n) is 8.44. The number of ether oxygens (including phenoxy) is 1. The smallest absolute Gasteiger partial charge is 0.407 e. The Kier molecular flexibility index (Phi) is 5.94. The number of carboxylic acid groups (broad SMARTS) is 1. The van der Waals surface area contributed by atoms with E-state index in [9.17, 15) is 9.90 Å². The molecule has 1 aromatic rings. The van der Waals surface area contributed by atoms with Gasteiger partial charge in [0, 0.05) is 44.8 Å². The zero-order valence-electron chi connectivity index (χ0n) is 15.2. The van der Waals surface area contributed by atoms with Gasteiger partial charge in [-0.15, -0.1) is 0 Å². The largest absolute Gasteiger partial charge is 0.495 e. The molecule has 6 heteroatoms. The molecule has 0 spiro atoms. The zero-order chi connectivity index (χ0) is 17.7. The van der Waals surface area contributed by atoms with Crippen molar-refractivity contribution in [2.24, 2.45) is 0 Å². The van der Waals surface area contributed by atoms with E-state index in [4.69, 9.17) is 4.74 Å². The third kappa shape index (κ3) is 4.54. The fourth-order valence-electron chi connectivity index (χ4n) is 3.06. The van der Waals surface area contributed by atoms with Crippen LogP contribution in [0.3, 0.4) is 0 Å². The van der Waals surface area contributed by atoms with Crippen LogP contribution in [-0.2, 0) is 0 Å². The number of benzene rings is 1. The maximum Gasteiger partial charge on any atom is 0.407 e. The summed E-state index contributed by atoms with van der Waals surface area (Å²) in [6, 6.07) is 8.07. The lowest BCUT2D eigenvalue weighted by Crippen LogP contribution is -2.52.